The zero-order valence-corrected chi connectivity index (χ0v) is 14.6. The maximum Gasteiger partial charge on any atom is 0.416 e. The van der Waals surface area contributed by atoms with Crippen molar-refractivity contribution < 1.29 is 13.2 Å². The van der Waals surface area contributed by atoms with Gasteiger partial charge >= 0.3 is 6.18 Å². The predicted molar refractivity (Wildman–Crippen MR) is 98.9 cm³/mol. The third-order valence-corrected chi connectivity index (χ3v) is 3.65. The van der Waals surface area contributed by atoms with E-state index in [9.17, 15) is 13.2 Å². The van der Waals surface area contributed by atoms with Crippen LogP contribution in [-0.4, -0.2) is 11.3 Å². The van der Waals surface area contributed by atoms with Gasteiger partial charge < -0.3 is 5.32 Å². The molecular weight excluding hydrogens is 347 g/mol. The largest absolute Gasteiger partial charge is 0.416 e. The number of nitrogens with one attached hydrogen (secondary N) is 2. The Kier molecular flexibility index (Phi) is 6.14. The maximum atomic E-state index is 12.5. The number of hydrogen-bond acceptors (Lipinski definition) is 2. The zero-order valence-electron chi connectivity index (χ0n) is 13.8. The molecular formula is C18H18F3N3S. The van der Waals surface area contributed by atoms with Crippen molar-refractivity contribution in [1.82, 2.24) is 5.43 Å². The van der Waals surface area contributed by atoms with Crippen LogP contribution in [0.25, 0.3) is 0 Å². The summed E-state index contributed by atoms with van der Waals surface area (Å²) in [5.41, 5.74) is 4.52. The summed E-state index contributed by atoms with van der Waals surface area (Å²) in [6.07, 6.45) is -2.74. The van der Waals surface area contributed by atoms with Gasteiger partial charge in [-0.05, 0) is 53.5 Å². The molecule has 0 unspecified atom stereocenters. The molecule has 132 valence electrons. The van der Waals surface area contributed by atoms with E-state index in [-0.39, 0.29) is 5.11 Å². The molecule has 2 rings (SSSR count). The molecule has 0 spiro atoms. The van der Waals surface area contributed by atoms with Crippen LogP contribution in [0, 0.1) is 0 Å². The first-order valence-electron chi connectivity index (χ1n) is 7.63. The van der Waals surface area contributed by atoms with E-state index in [0.29, 0.717) is 11.6 Å². The summed E-state index contributed by atoms with van der Waals surface area (Å²) >= 11 is 5.05. The van der Waals surface area contributed by atoms with E-state index in [1.165, 1.54) is 17.7 Å². The van der Waals surface area contributed by atoms with Gasteiger partial charge in [-0.1, -0.05) is 38.1 Å². The number of halogens is 3. The molecule has 0 aromatic heterocycles. The summed E-state index contributed by atoms with van der Waals surface area (Å²) in [5, 5.41) is 6.97. The fraction of sp³-hybridized carbons (Fsp3) is 0.222. The molecule has 0 atom stereocenters. The number of hydrogen-bond donors (Lipinski definition) is 2. The van der Waals surface area contributed by atoms with Gasteiger partial charge in [-0.25, -0.2) is 0 Å². The number of benzene rings is 2. The van der Waals surface area contributed by atoms with Crippen molar-refractivity contribution >= 4 is 29.2 Å². The summed E-state index contributed by atoms with van der Waals surface area (Å²) in [7, 11) is 0. The first kappa shape index (κ1) is 18.9. The van der Waals surface area contributed by atoms with Gasteiger partial charge in [-0.3, -0.25) is 5.43 Å². The number of anilines is 1. The molecule has 0 radical (unpaired) electrons. The Labute approximate surface area is 149 Å². The molecule has 0 saturated carbocycles. The lowest BCUT2D eigenvalue weighted by molar-refractivity contribution is -0.137. The number of hydrazone groups is 1. The van der Waals surface area contributed by atoms with Crippen molar-refractivity contribution in [2.75, 3.05) is 5.32 Å². The number of nitrogens with zero attached hydrogens (tertiary/aromatic N) is 1. The second-order valence-electron chi connectivity index (χ2n) is 5.72. The molecule has 2 N–H and O–H groups in total. The molecule has 2 aromatic carbocycles. The van der Waals surface area contributed by atoms with E-state index >= 15 is 0 Å². The third kappa shape index (κ3) is 5.86. The topological polar surface area (TPSA) is 36.4 Å². The van der Waals surface area contributed by atoms with E-state index in [1.54, 1.807) is 6.21 Å². The highest BCUT2D eigenvalue weighted by Crippen LogP contribution is 2.29. The van der Waals surface area contributed by atoms with Gasteiger partial charge in [0.25, 0.3) is 0 Å². The molecule has 2 aromatic rings. The normalized spacial score (nSPS) is 11.8. The Bertz CT molecular complexity index is 736. The van der Waals surface area contributed by atoms with Gasteiger partial charge in [0.1, 0.15) is 0 Å². The Morgan fingerprint density at radius 1 is 1.04 bits per heavy atom. The van der Waals surface area contributed by atoms with E-state index < -0.39 is 11.7 Å². The highest BCUT2D eigenvalue weighted by molar-refractivity contribution is 7.80. The van der Waals surface area contributed by atoms with Crippen LogP contribution in [0.2, 0.25) is 0 Å². The van der Waals surface area contributed by atoms with Crippen molar-refractivity contribution in [1.29, 1.82) is 0 Å². The van der Waals surface area contributed by atoms with Gasteiger partial charge in [-0.2, -0.15) is 18.3 Å². The number of thiocarbonyl (C=S) groups is 1. The number of alkyl halides is 3. The summed E-state index contributed by atoms with van der Waals surface area (Å²) in [4.78, 5) is 0. The molecule has 0 heterocycles. The Hall–Kier alpha value is -2.41. The summed E-state index contributed by atoms with van der Waals surface area (Å²) in [6.45, 7) is 4.24. The van der Waals surface area contributed by atoms with Crippen LogP contribution in [0.15, 0.2) is 53.6 Å². The molecule has 0 aliphatic carbocycles. The Balaban J connectivity index is 1.87. The molecule has 0 saturated heterocycles. The average molecular weight is 365 g/mol. The first-order chi connectivity index (χ1) is 11.8. The smallest absolute Gasteiger partial charge is 0.331 e. The maximum absolute atomic E-state index is 12.5. The number of rotatable bonds is 4. The summed E-state index contributed by atoms with van der Waals surface area (Å²) < 4.78 is 37.5. The lowest BCUT2D eigenvalue weighted by Crippen LogP contribution is -2.23. The highest BCUT2D eigenvalue weighted by atomic mass is 32.1. The Morgan fingerprint density at radius 3 is 2.16 bits per heavy atom. The molecule has 0 fully saturated rings. The summed E-state index contributed by atoms with van der Waals surface area (Å²) in [6, 6.07) is 12.6. The van der Waals surface area contributed by atoms with E-state index in [4.69, 9.17) is 12.2 Å². The van der Waals surface area contributed by atoms with Crippen molar-refractivity contribution in [3.63, 3.8) is 0 Å². The zero-order chi connectivity index (χ0) is 18.4. The van der Waals surface area contributed by atoms with Crippen LogP contribution in [0.4, 0.5) is 18.9 Å². The second-order valence-corrected chi connectivity index (χ2v) is 6.13. The molecule has 3 nitrogen and oxygen atoms in total. The van der Waals surface area contributed by atoms with Crippen LogP contribution in [-0.2, 0) is 6.18 Å². The standard InChI is InChI=1S/C18H18F3N3S/c1-12(2)14-5-3-13(4-6-14)11-22-24-17(25)23-16-9-7-15(8-10-16)18(19,20)21/h3-12H,1-2H3,(H2,23,24,25)/b22-11+. The molecule has 7 heteroatoms. The van der Waals surface area contributed by atoms with Crippen LogP contribution in [0.1, 0.15) is 36.5 Å². The van der Waals surface area contributed by atoms with Gasteiger partial charge in [0.2, 0.25) is 0 Å². The third-order valence-electron chi connectivity index (χ3n) is 3.45. The monoisotopic (exact) mass is 365 g/mol. The van der Waals surface area contributed by atoms with Crippen molar-refractivity contribution in [2.45, 2.75) is 25.9 Å². The quantitative estimate of drug-likeness (QED) is 0.447. The van der Waals surface area contributed by atoms with Crippen LogP contribution in [0.5, 0.6) is 0 Å². The minimum atomic E-state index is -4.35. The van der Waals surface area contributed by atoms with E-state index in [2.05, 4.69) is 29.7 Å². The van der Waals surface area contributed by atoms with Crippen LogP contribution >= 0.6 is 12.2 Å². The van der Waals surface area contributed by atoms with Crippen molar-refractivity contribution in [3.05, 3.63) is 65.2 Å². The van der Waals surface area contributed by atoms with Gasteiger partial charge in [0.05, 0.1) is 11.8 Å². The van der Waals surface area contributed by atoms with E-state index in [0.717, 1.165) is 17.7 Å². The second kappa shape index (κ2) is 8.11. The highest BCUT2D eigenvalue weighted by Gasteiger charge is 2.29. The first-order valence-corrected chi connectivity index (χ1v) is 8.04. The lowest BCUT2D eigenvalue weighted by atomic mass is 10.0. The molecule has 0 bridgehead atoms. The van der Waals surface area contributed by atoms with Gasteiger partial charge in [0, 0.05) is 5.69 Å². The minimum absolute atomic E-state index is 0.190. The lowest BCUT2D eigenvalue weighted by Gasteiger charge is -2.09. The van der Waals surface area contributed by atoms with Crippen LogP contribution < -0.4 is 10.7 Å². The summed E-state index contributed by atoms with van der Waals surface area (Å²) in [5.74, 6) is 0.463. The minimum Gasteiger partial charge on any atom is -0.331 e. The van der Waals surface area contributed by atoms with E-state index in [1.807, 2.05) is 24.3 Å². The average Bonchev–Trinajstić information content (AvgIpc) is 2.55. The van der Waals surface area contributed by atoms with Crippen LogP contribution in [0.3, 0.4) is 0 Å². The molecule has 0 amide bonds. The van der Waals surface area contributed by atoms with Gasteiger partial charge in [-0.15, -0.1) is 0 Å². The predicted octanol–water partition coefficient (Wildman–Crippen LogP) is 5.15. The fourth-order valence-electron chi connectivity index (χ4n) is 2.03. The molecule has 25 heavy (non-hydrogen) atoms. The molecule has 0 aliphatic heterocycles. The SMILES string of the molecule is CC(C)c1ccc(/C=N/NC(=S)Nc2ccc(C(F)(F)F)cc2)cc1. The fourth-order valence-corrected chi connectivity index (χ4v) is 2.20. The van der Waals surface area contributed by atoms with Gasteiger partial charge in [0.15, 0.2) is 5.11 Å². The molecule has 0 aliphatic rings. The Morgan fingerprint density at radius 2 is 1.64 bits per heavy atom. The van der Waals surface area contributed by atoms with Crippen molar-refractivity contribution in [2.24, 2.45) is 5.10 Å². The van der Waals surface area contributed by atoms with Crippen molar-refractivity contribution in [3.8, 4) is 0 Å².